The molecule has 0 bridgehead atoms. The fraction of sp³-hybridized carbons (Fsp3) is 0.259. The summed E-state index contributed by atoms with van der Waals surface area (Å²) in [5, 5.41) is 2.95. The second-order valence-electron chi connectivity index (χ2n) is 7.71. The third-order valence-electron chi connectivity index (χ3n) is 5.20. The van der Waals surface area contributed by atoms with Crippen LogP contribution in [0.25, 0.3) is 0 Å². The van der Waals surface area contributed by atoms with Gasteiger partial charge in [0.2, 0.25) is 5.91 Å². The highest BCUT2D eigenvalue weighted by atomic mass is 19.1. The average molecular weight is 449 g/mol. The highest BCUT2D eigenvalue weighted by molar-refractivity contribution is 5.89. The van der Waals surface area contributed by atoms with Gasteiger partial charge in [-0.05, 0) is 41.8 Å². The molecule has 0 aliphatic heterocycles. The fourth-order valence-electron chi connectivity index (χ4n) is 3.45. The molecule has 172 valence electrons. The maximum atomic E-state index is 13.5. The van der Waals surface area contributed by atoms with Gasteiger partial charge in [-0.15, -0.1) is 0 Å². The molecule has 0 aromatic heterocycles. The Hall–Kier alpha value is -3.67. The first-order valence-corrected chi connectivity index (χ1v) is 11.1. The minimum Gasteiger partial charge on any atom is -0.484 e. The number of carbonyl (C=O) groups excluding carboxylic acids is 2. The lowest BCUT2D eigenvalue weighted by atomic mass is 10.0. The summed E-state index contributed by atoms with van der Waals surface area (Å²) >= 11 is 0. The van der Waals surface area contributed by atoms with Crippen LogP contribution in [0.2, 0.25) is 0 Å². The Labute approximate surface area is 194 Å². The first-order chi connectivity index (χ1) is 16.1. The number of benzene rings is 3. The number of halogens is 1. The number of hydrogen-bond donors (Lipinski definition) is 1. The molecular formula is C27H29FN2O3. The molecule has 3 rings (SSSR count). The van der Waals surface area contributed by atoms with Crippen molar-refractivity contribution in [1.82, 2.24) is 10.2 Å². The summed E-state index contributed by atoms with van der Waals surface area (Å²) in [5.41, 5.74) is 1.41. The minimum absolute atomic E-state index is 0.137. The molecule has 1 atom stereocenters. The second kappa shape index (κ2) is 12.4. The molecule has 6 heteroatoms. The van der Waals surface area contributed by atoms with Gasteiger partial charge in [-0.3, -0.25) is 9.59 Å². The molecule has 33 heavy (non-hydrogen) atoms. The van der Waals surface area contributed by atoms with Crippen molar-refractivity contribution in [3.63, 3.8) is 0 Å². The first-order valence-electron chi connectivity index (χ1n) is 11.1. The van der Waals surface area contributed by atoms with Crippen LogP contribution >= 0.6 is 0 Å². The predicted octanol–water partition coefficient (Wildman–Crippen LogP) is 4.89. The number of hydrogen-bond acceptors (Lipinski definition) is 3. The van der Waals surface area contributed by atoms with Crippen LogP contribution in [-0.2, 0) is 16.1 Å². The molecule has 0 saturated carbocycles. The van der Waals surface area contributed by atoms with Crippen LogP contribution in [0.15, 0.2) is 84.9 Å². The second-order valence-corrected chi connectivity index (χ2v) is 7.71. The molecule has 0 saturated heterocycles. The van der Waals surface area contributed by atoms with Crippen molar-refractivity contribution in [3.05, 3.63) is 102 Å². The van der Waals surface area contributed by atoms with Crippen molar-refractivity contribution in [3.8, 4) is 5.75 Å². The summed E-state index contributed by atoms with van der Waals surface area (Å²) in [6.45, 7) is 2.48. The maximum Gasteiger partial charge on any atom is 0.261 e. The van der Waals surface area contributed by atoms with E-state index in [4.69, 9.17) is 4.74 Å². The Bertz CT molecular complexity index is 1010. The largest absolute Gasteiger partial charge is 0.484 e. The van der Waals surface area contributed by atoms with E-state index in [0.717, 1.165) is 12.8 Å². The molecule has 0 heterocycles. The van der Waals surface area contributed by atoms with E-state index in [1.54, 1.807) is 24.3 Å². The van der Waals surface area contributed by atoms with Crippen LogP contribution in [0.1, 0.15) is 36.9 Å². The Morgan fingerprint density at radius 3 is 2.21 bits per heavy atom. The van der Waals surface area contributed by atoms with E-state index in [1.807, 2.05) is 55.5 Å². The van der Waals surface area contributed by atoms with Crippen LogP contribution in [0.3, 0.4) is 0 Å². The maximum absolute atomic E-state index is 13.5. The van der Waals surface area contributed by atoms with Crippen LogP contribution in [0.5, 0.6) is 5.75 Å². The lowest BCUT2D eigenvalue weighted by Gasteiger charge is -2.31. The molecule has 0 aliphatic rings. The van der Waals surface area contributed by atoms with E-state index in [2.05, 4.69) is 5.32 Å². The quantitative estimate of drug-likeness (QED) is 0.425. The number of para-hydroxylation sites is 1. The van der Waals surface area contributed by atoms with Gasteiger partial charge in [0.05, 0.1) is 0 Å². The summed E-state index contributed by atoms with van der Waals surface area (Å²) in [7, 11) is 0. The highest BCUT2D eigenvalue weighted by Crippen LogP contribution is 2.24. The summed E-state index contributed by atoms with van der Waals surface area (Å²) in [6, 6.07) is 23.3. The van der Waals surface area contributed by atoms with Crippen LogP contribution < -0.4 is 10.1 Å². The van der Waals surface area contributed by atoms with Crippen LogP contribution in [-0.4, -0.2) is 29.9 Å². The van der Waals surface area contributed by atoms with Crippen molar-refractivity contribution in [2.24, 2.45) is 0 Å². The van der Waals surface area contributed by atoms with Gasteiger partial charge in [0.1, 0.15) is 17.6 Å². The zero-order valence-electron chi connectivity index (χ0n) is 18.7. The topological polar surface area (TPSA) is 58.6 Å². The van der Waals surface area contributed by atoms with E-state index < -0.39 is 6.04 Å². The summed E-state index contributed by atoms with van der Waals surface area (Å²) in [5.74, 6) is -0.398. The highest BCUT2D eigenvalue weighted by Gasteiger charge is 2.31. The summed E-state index contributed by atoms with van der Waals surface area (Å²) < 4.78 is 19.1. The summed E-state index contributed by atoms with van der Waals surface area (Å²) in [6.07, 6.45) is 1.79. The van der Waals surface area contributed by atoms with Crippen molar-refractivity contribution in [2.75, 3.05) is 13.2 Å². The number of nitrogens with one attached hydrogen (secondary N) is 1. The molecule has 1 N–H and O–H groups in total. The van der Waals surface area contributed by atoms with Crippen molar-refractivity contribution < 1.29 is 18.7 Å². The van der Waals surface area contributed by atoms with E-state index in [9.17, 15) is 14.0 Å². The standard InChI is InChI=1S/C27H29FN2O3/c1-2-3-18-29-27(32)26(22-10-6-4-7-11-22)30(19-21-14-16-23(28)17-15-21)25(31)20-33-24-12-8-5-9-13-24/h4-17,26H,2-3,18-20H2,1H3,(H,29,32)/t26-/m1/s1. The molecule has 0 radical (unpaired) electrons. The lowest BCUT2D eigenvalue weighted by molar-refractivity contribution is -0.143. The minimum atomic E-state index is -0.847. The third-order valence-corrected chi connectivity index (χ3v) is 5.20. The van der Waals surface area contributed by atoms with Gasteiger partial charge in [0, 0.05) is 13.1 Å². The Morgan fingerprint density at radius 2 is 1.58 bits per heavy atom. The molecule has 2 amide bonds. The van der Waals surface area contributed by atoms with E-state index >= 15 is 0 Å². The van der Waals surface area contributed by atoms with Gasteiger partial charge in [-0.1, -0.05) is 74.0 Å². The molecular weight excluding hydrogens is 419 g/mol. The van der Waals surface area contributed by atoms with Crippen LogP contribution in [0.4, 0.5) is 4.39 Å². The van der Waals surface area contributed by atoms with Gasteiger partial charge in [-0.2, -0.15) is 0 Å². The fourth-order valence-corrected chi connectivity index (χ4v) is 3.45. The lowest BCUT2D eigenvalue weighted by Crippen LogP contribution is -2.45. The van der Waals surface area contributed by atoms with Gasteiger partial charge in [-0.25, -0.2) is 4.39 Å². The van der Waals surface area contributed by atoms with Crippen molar-refractivity contribution >= 4 is 11.8 Å². The Morgan fingerprint density at radius 1 is 0.939 bits per heavy atom. The third kappa shape index (κ3) is 7.17. The zero-order chi connectivity index (χ0) is 23.5. The molecule has 0 spiro atoms. The summed E-state index contributed by atoms with van der Waals surface area (Å²) in [4.78, 5) is 28.2. The van der Waals surface area contributed by atoms with Gasteiger partial charge in [0.15, 0.2) is 6.61 Å². The molecule has 3 aromatic carbocycles. The number of nitrogens with zero attached hydrogens (tertiary/aromatic N) is 1. The van der Waals surface area contributed by atoms with Crippen molar-refractivity contribution in [1.29, 1.82) is 0 Å². The molecule has 0 aliphatic carbocycles. The average Bonchev–Trinajstić information content (AvgIpc) is 2.85. The zero-order valence-corrected chi connectivity index (χ0v) is 18.7. The number of carbonyl (C=O) groups is 2. The number of amides is 2. The number of ether oxygens (including phenoxy) is 1. The van der Waals surface area contributed by atoms with Crippen molar-refractivity contribution in [2.45, 2.75) is 32.4 Å². The molecule has 5 nitrogen and oxygen atoms in total. The predicted molar refractivity (Wildman–Crippen MR) is 126 cm³/mol. The monoisotopic (exact) mass is 448 g/mol. The SMILES string of the molecule is CCCCNC(=O)[C@@H](c1ccccc1)N(Cc1ccc(F)cc1)C(=O)COc1ccccc1. The normalized spacial score (nSPS) is 11.5. The van der Waals surface area contributed by atoms with Gasteiger partial charge < -0.3 is 15.0 Å². The molecule has 0 fully saturated rings. The molecule has 3 aromatic rings. The Kier molecular flexibility index (Phi) is 9.00. The smallest absolute Gasteiger partial charge is 0.261 e. The van der Waals surface area contributed by atoms with E-state index in [0.29, 0.717) is 23.4 Å². The first kappa shape index (κ1) is 24.0. The number of unbranched alkanes of at least 4 members (excludes halogenated alkanes) is 1. The van der Waals surface area contributed by atoms with Crippen LogP contribution in [0, 0.1) is 5.82 Å². The van der Waals surface area contributed by atoms with E-state index in [-0.39, 0.29) is 30.8 Å². The van der Waals surface area contributed by atoms with Gasteiger partial charge in [0.25, 0.3) is 5.91 Å². The van der Waals surface area contributed by atoms with Gasteiger partial charge >= 0.3 is 0 Å². The van der Waals surface area contributed by atoms with E-state index in [1.165, 1.54) is 17.0 Å². The number of rotatable bonds is 11. The molecule has 0 unspecified atom stereocenters. The Balaban J connectivity index is 1.90.